The van der Waals surface area contributed by atoms with Gasteiger partial charge in [-0.05, 0) is 30.0 Å². The molecule has 0 aliphatic rings. The maximum absolute atomic E-state index is 12.0. The number of carboxylic acid groups (broad SMARTS) is 1. The first-order valence-corrected chi connectivity index (χ1v) is 6.61. The summed E-state index contributed by atoms with van der Waals surface area (Å²) in [5.41, 5.74) is 0.804. The van der Waals surface area contributed by atoms with Gasteiger partial charge in [-0.3, -0.25) is 4.79 Å². The lowest BCUT2D eigenvalue weighted by molar-refractivity contribution is -0.306. The Morgan fingerprint density at radius 2 is 1.76 bits per heavy atom. The van der Waals surface area contributed by atoms with Crippen LogP contribution in [0.25, 0.3) is 0 Å². The summed E-state index contributed by atoms with van der Waals surface area (Å²) in [5, 5.41) is 13.5. The number of pyridine rings is 1. The molecule has 5 nitrogen and oxygen atoms in total. The van der Waals surface area contributed by atoms with Gasteiger partial charge >= 0.3 is 0 Å². The Hall–Kier alpha value is -2.69. The van der Waals surface area contributed by atoms with E-state index in [0.29, 0.717) is 5.82 Å². The summed E-state index contributed by atoms with van der Waals surface area (Å²) < 4.78 is 0. The topological polar surface area (TPSA) is 82.1 Å². The fourth-order valence-corrected chi connectivity index (χ4v) is 2.09. The first-order chi connectivity index (χ1) is 10.1. The van der Waals surface area contributed by atoms with Gasteiger partial charge in [-0.1, -0.05) is 36.4 Å². The molecule has 1 aromatic heterocycles. The highest BCUT2D eigenvalue weighted by atomic mass is 16.4. The summed E-state index contributed by atoms with van der Waals surface area (Å²) in [6.45, 7) is 0. The average Bonchev–Trinajstić information content (AvgIpc) is 2.48. The van der Waals surface area contributed by atoms with Gasteiger partial charge in [0.2, 0.25) is 5.91 Å². The summed E-state index contributed by atoms with van der Waals surface area (Å²) in [4.78, 5) is 26.9. The van der Waals surface area contributed by atoms with Crippen molar-refractivity contribution >= 4 is 17.7 Å². The number of aliphatic carboxylic acids is 1. The smallest absolute Gasteiger partial charge is 0.226 e. The predicted octanol–water partition coefficient (Wildman–Crippen LogP) is 1.33. The van der Waals surface area contributed by atoms with Crippen LogP contribution in [-0.2, 0) is 9.59 Å². The van der Waals surface area contributed by atoms with Crippen LogP contribution < -0.4 is 10.4 Å². The van der Waals surface area contributed by atoms with Crippen molar-refractivity contribution in [1.29, 1.82) is 0 Å². The normalized spacial score (nSPS) is 11.6. The second-order valence-electron chi connectivity index (χ2n) is 4.65. The van der Waals surface area contributed by atoms with Crippen LogP contribution in [0.15, 0.2) is 54.7 Å². The Balaban J connectivity index is 2.05. The number of carbonyl (C=O) groups is 2. The van der Waals surface area contributed by atoms with E-state index in [0.717, 1.165) is 5.56 Å². The Morgan fingerprint density at radius 3 is 2.38 bits per heavy atom. The minimum atomic E-state index is -1.17. The summed E-state index contributed by atoms with van der Waals surface area (Å²) in [6, 6.07) is 14.3. The third-order valence-corrected chi connectivity index (χ3v) is 3.05. The number of amides is 1. The Morgan fingerprint density at radius 1 is 1.05 bits per heavy atom. The largest absolute Gasteiger partial charge is 0.550 e. The lowest BCUT2D eigenvalue weighted by Gasteiger charge is -2.17. The van der Waals surface area contributed by atoms with Crippen molar-refractivity contribution in [1.82, 2.24) is 4.98 Å². The summed E-state index contributed by atoms with van der Waals surface area (Å²) in [7, 11) is 0. The number of nitrogens with one attached hydrogen (secondary N) is 1. The minimum Gasteiger partial charge on any atom is -0.550 e. The van der Waals surface area contributed by atoms with Crippen molar-refractivity contribution in [3.05, 3.63) is 60.3 Å². The second kappa shape index (κ2) is 7.19. The zero-order valence-corrected chi connectivity index (χ0v) is 11.4. The quantitative estimate of drug-likeness (QED) is 0.867. The zero-order chi connectivity index (χ0) is 15.1. The van der Waals surface area contributed by atoms with Gasteiger partial charge in [0, 0.05) is 18.6 Å². The molecule has 0 fully saturated rings. The molecule has 0 unspecified atom stereocenters. The molecule has 1 atom stereocenters. The fourth-order valence-electron chi connectivity index (χ4n) is 2.09. The number of anilines is 1. The van der Waals surface area contributed by atoms with Gasteiger partial charge in [0.15, 0.2) is 0 Å². The molecule has 1 amide bonds. The molecular weight excluding hydrogens is 268 g/mol. The molecule has 0 aliphatic carbocycles. The summed E-state index contributed by atoms with van der Waals surface area (Å²) in [5.74, 6) is -1.42. The van der Waals surface area contributed by atoms with Crippen LogP contribution in [0, 0.1) is 0 Å². The van der Waals surface area contributed by atoms with Crippen LogP contribution in [0.2, 0.25) is 0 Å². The lowest BCUT2D eigenvalue weighted by atomic mass is 9.92. The van der Waals surface area contributed by atoms with Gasteiger partial charge < -0.3 is 15.2 Å². The first-order valence-electron chi connectivity index (χ1n) is 6.61. The van der Waals surface area contributed by atoms with E-state index in [1.165, 1.54) is 0 Å². The average molecular weight is 283 g/mol. The van der Waals surface area contributed by atoms with Crippen molar-refractivity contribution in [3.63, 3.8) is 0 Å². The van der Waals surface area contributed by atoms with Gasteiger partial charge in [0.25, 0.3) is 0 Å². The number of hydrogen-bond acceptors (Lipinski definition) is 4. The van der Waals surface area contributed by atoms with E-state index >= 15 is 0 Å². The molecule has 0 bridgehead atoms. The number of rotatable bonds is 6. The molecule has 2 aromatic rings. The van der Waals surface area contributed by atoms with Gasteiger partial charge in [-0.25, -0.2) is 4.98 Å². The molecule has 0 saturated heterocycles. The molecule has 5 heteroatoms. The van der Waals surface area contributed by atoms with E-state index in [-0.39, 0.29) is 18.7 Å². The van der Waals surface area contributed by atoms with Crippen molar-refractivity contribution in [2.45, 2.75) is 18.8 Å². The molecule has 0 aliphatic heterocycles. The SMILES string of the molecule is O=C([O-])C[C@H](CC(=O)Nc1ccccn1)c1ccccc1. The lowest BCUT2D eigenvalue weighted by Crippen LogP contribution is -2.26. The van der Waals surface area contributed by atoms with E-state index < -0.39 is 11.9 Å². The fraction of sp³-hybridized carbons (Fsp3) is 0.188. The number of carbonyl (C=O) groups excluding carboxylic acids is 2. The highest BCUT2D eigenvalue weighted by Crippen LogP contribution is 2.23. The van der Waals surface area contributed by atoms with Crippen molar-refractivity contribution in [2.24, 2.45) is 0 Å². The number of carboxylic acids is 1. The Kier molecular flexibility index (Phi) is 5.04. The summed E-state index contributed by atoms with van der Waals surface area (Å²) >= 11 is 0. The molecule has 0 radical (unpaired) electrons. The number of aromatic nitrogens is 1. The molecule has 2 rings (SSSR count). The second-order valence-corrected chi connectivity index (χ2v) is 4.65. The number of benzene rings is 1. The highest BCUT2D eigenvalue weighted by molar-refractivity contribution is 5.90. The standard InChI is InChI=1S/C16H16N2O3/c19-15(18-14-8-4-5-9-17-14)10-13(11-16(20)21)12-6-2-1-3-7-12/h1-9,13H,10-11H2,(H,20,21)(H,17,18,19)/p-1/t13-/m0/s1. The summed E-state index contributed by atoms with van der Waals surface area (Å²) in [6.07, 6.45) is 1.44. The third kappa shape index (κ3) is 4.72. The first kappa shape index (κ1) is 14.7. The van der Waals surface area contributed by atoms with Crippen LogP contribution in [0.3, 0.4) is 0 Å². The number of nitrogens with zero attached hydrogens (tertiary/aromatic N) is 1. The zero-order valence-electron chi connectivity index (χ0n) is 11.4. The third-order valence-electron chi connectivity index (χ3n) is 3.05. The van der Waals surface area contributed by atoms with E-state index in [2.05, 4.69) is 10.3 Å². The van der Waals surface area contributed by atoms with E-state index in [1.807, 2.05) is 30.3 Å². The van der Waals surface area contributed by atoms with Crippen molar-refractivity contribution in [2.75, 3.05) is 5.32 Å². The Bertz CT molecular complexity index is 599. The highest BCUT2D eigenvalue weighted by Gasteiger charge is 2.16. The number of hydrogen-bond donors (Lipinski definition) is 1. The molecule has 1 N–H and O–H groups in total. The molecule has 21 heavy (non-hydrogen) atoms. The monoisotopic (exact) mass is 283 g/mol. The van der Waals surface area contributed by atoms with Crippen LogP contribution in [0.1, 0.15) is 24.3 Å². The van der Waals surface area contributed by atoms with Crippen molar-refractivity contribution < 1.29 is 14.7 Å². The van der Waals surface area contributed by atoms with Crippen molar-refractivity contribution in [3.8, 4) is 0 Å². The van der Waals surface area contributed by atoms with Crippen LogP contribution in [-0.4, -0.2) is 16.9 Å². The molecule has 108 valence electrons. The maximum Gasteiger partial charge on any atom is 0.226 e. The van der Waals surface area contributed by atoms with Crippen LogP contribution in [0.4, 0.5) is 5.82 Å². The van der Waals surface area contributed by atoms with E-state index in [1.54, 1.807) is 24.4 Å². The van der Waals surface area contributed by atoms with Gasteiger partial charge in [0.1, 0.15) is 5.82 Å². The van der Waals surface area contributed by atoms with Gasteiger partial charge in [-0.15, -0.1) is 0 Å². The molecule has 1 heterocycles. The molecule has 1 aromatic carbocycles. The molecular formula is C16H15N2O3-. The van der Waals surface area contributed by atoms with Gasteiger partial charge in [-0.2, -0.15) is 0 Å². The minimum absolute atomic E-state index is 0.0641. The maximum atomic E-state index is 12.0. The predicted molar refractivity (Wildman–Crippen MR) is 76.3 cm³/mol. The van der Waals surface area contributed by atoms with E-state index in [9.17, 15) is 14.7 Å². The molecule has 0 spiro atoms. The van der Waals surface area contributed by atoms with Crippen LogP contribution >= 0.6 is 0 Å². The Labute approximate surface area is 122 Å². The van der Waals surface area contributed by atoms with Crippen LogP contribution in [0.5, 0.6) is 0 Å². The molecule has 0 saturated carbocycles. The van der Waals surface area contributed by atoms with Gasteiger partial charge in [0.05, 0.1) is 0 Å². The van der Waals surface area contributed by atoms with E-state index in [4.69, 9.17) is 0 Å².